The van der Waals surface area contributed by atoms with Crippen LogP contribution in [-0.2, 0) is 4.79 Å². The SMILES string of the molecule is CCC(C)Sc1nnc(NC(=O)/C(C)=C/c2ccccc2)s1. The Bertz CT molecular complexity index is 652. The fourth-order valence-electron chi connectivity index (χ4n) is 1.62. The molecule has 2 aromatic rings. The molecule has 1 heterocycles. The van der Waals surface area contributed by atoms with Crippen molar-refractivity contribution in [1.29, 1.82) is 0 Å². The van der Waals surface area contributed by atoms with Crippen molar-refractivity contribution in [1.82, 2.24) is 10.2 Å². The second-order valence-electron chi connectivity index (χ2n) is 4.90. The molecule has 1 atom stereocenters. The Kier molecular flexibility index (Phi) is 6.15. The lowest BCUT2D eigenvalue weighted by molar-refractivity contribution is -0.112. The zero-order valence-corrected chi connectivity index (χ0v) is 14.5. The van der Waals surface area contributed by atoms with Gasteiger partial charge in [0.1, 0.15) is 0 Å². The van der Waals surface area contributed by atoms with E-state index >= 15 is 0 Å². The number of hydrogen-bond donors (Lipinski definition) is 1. The van der Waals surface area contributed by atoms with Crippen LogP contribution in [0.4, 0.5) is 5.13 Å². The lowest BCUT2D eigenvalue weighted by Gasteiger charge is -2.03. The van der Waals surface area contributed by atoms with Crippen LogP contribution in [0.2, 0.25) is 0 Å². The summed E-state index contributed by atoms with van der Waals surface area (Å²) in [7, 11) is 0. The highest BCUT2D eigenvalue weighted by atomic mass is 32.2. The van der Waals surface area contributed by atoms with Crippen molar-refractivity contribution in [3.63, 3.8) is 0 Å². The number of rotatable bonds is 6. The molecule has 0 aliphatic heterocycles. The number of anilines is 1. The van der Waals surface area contributed by atoms with Crippen LogP contribution in [0.5, 0.6) is 0 Å². The van der Waals surface area contributed by atoms with Gasteiger partial charge in [-0.3, -0.25) is 10.1 Å². The molecule has 4 nitrogen and oxygen atoms in total. The Labute approximate surface area is 139 Å². The maximum absolute atomic E-state index is 12.2. The van der Waals surface area contributed by atoms with Crippen LogP contribution in [0.1, 0.15) is 32.8 Å². The predicted molar refractivity (Wildman–Crippen MR) is 94.2 cm³/mol. The molecule has 0 radical (unpaired) electrons. The average molecular weight is 333 g/mol. The van der Waals surface area contributed by atoms with E-state index in [1.807, 2.05) is 36.4 Å². The molecule has 0 saturated heterocycles. The third kappa shape index (κ3) is 4.96. The fraction of sp³-hybridized carbons (Fsp3) is 0.312. The van der Waals surface area contributed by atoms with Gasteiger partial charge in [-0.2, -0.15) is 0 Å². The quantitative estimate of drug-likeness (QED) is 0.481. The van der Waals surface area contributed by atoms with Crippen LogP contribution in [-0.4, -0.2) is 21.4 Å². The molecule has 0 fully saturated rings. The van der Waals surface area contributed by atoms with E-state index in [-0.39, 0.29) is 5.91 Å². The van der Waals surface area contributed by atoms with Gasteiger partial charge in [0, 0.05) is 10.8 Å². The second kappa shape index (κ2) is 8.10. The zero-order valence-electron chi connectivity index (χ0n) is 12.9. The van der Waals surface area contributed by atoms with Crippen molar-refractivity contribution in [3.8, 4) is 0 Å². The van der Waals surface area contributed by atoms with Gasteiger partial charge in [-0.15, -0.1) is 10.2 Å². The zero-order chi connectivity index (χ0) is 15.9. The van der Waals surface area contributed by atoms with E-state index in [1.54, 1.807) is 18.7 Å². The highest BCUT2D eigenvalue weighted by molar-refractivity contribution is 8.01. The molecule has 1 unspecified atom stereocenters. The van der Waals surface area contributed by atoms with Crippen LogP contribution in [0, 0.1) is 0 Å². The first-order valence-corrected chi connectivity index (χ1v) is 8.83. The molecule has 0 saturated carbocycles. The van der Waals surface area contributed by atoms with Crippen molar-refractivity contribution in [2.75, 3.05) is 5.32 Å². The number of thioether (sulfide) groups is 1. The van der Waals surface area contributed by atoms with Gasteiger partial charge < -0.3 is 0 Å². The Morgan fingerprint density at radius 1 is 1.36 bits per heavy atom. The summed E-state index contributed by atoms with van der Waals surface area (Å²) in [6.45, 7) is 6.08. The van der Waals surface area contributed by atoms with Crippen molar-refractivity contribution in [3.05, 3.63) is 41.5 Å². The largest absolute Gasteiger partial charge is 0.297 e. The number of nitrogens with zero attached hydrogens (tertiary/aromatic N) is 2. The topological polar surface area (TPSA) is 54.9 Å². The molecular formula is C16H19N3OS2. The molecule has 0 spiro atoms. The maximum atomic E-state index is 12.2. The Hall–Kier alpha value is -1.66. The number of nitrogens with one attached hydrogen (secondary N) is 1. The third-order valence-corrected chi connectivity index (χ3v) is 5.24. The minimum absolute atomic E-state index is 0.153. The number of benzene rings is 1. The van der Waals surface area contributed by atoms with Crippen molar-refractivity contribution < 1.29 is 4.79 Å². The summed E-state index contributed by atoms with van der Waals surface area (Å²) in [4.78, 5) is 12.2. The molecule has 1 amide bonds. The number of aromatic nitrogens is 2. The monoisotopic (exact) mass is 333 g/mol. The smallest absolute Gasteiger partial charge is 0.253 e. The fourth-order valence-corrected chi connectivity index (χ4v) is 3.62. The number of carbonyl (C=O) groups excluding carboxylic acids is 1. The molecule has 116 valence electrons. The van der Waals surface area contributed by atoms with Crippen molar-refractivity contribution in [2.45, 2.75) is 36.8 Å². The Morgan fingerprint density at radius 3 is 2.77 bits per heavy atom. The van der Waals surface area contributed by atoms with E-state index in [0.717, 1.165) is 16.3 Å². The number of carbonyl (C=O) groups is 1. The summed E-state index contributed by atoms with van der Waals surface area (Å²) in [5, 5.41) is 12.0. The van der Waals surface area contributed by atoms with Crippen LogP contribution >= 0.6 is 23.1 Å². The first kappa shape index (κ1) is 16.7. The molecular weight excluding hydrogens is 314 g/mol. The van der Waals surface area contributed by atoms with E-state index in [9.17, 15) is 4.79 Å². The first-order chi connectivity index (χ1) is 10.6. The van der Waals surface area contributed by atoms with Gasteiger partial charge in [-0.05, 0) is 25.0 Å². The molecule has 1 aromatic heterocycles. The summed E-state index contributed by atoms with van der Waals surface area (Å²) in [6.07, 6.45) is 2.93. The van der Waals surface area contributed by atoms with Gasteiger partial charge in [0.25, 0.3) is 5.91 Å². The third-order valence-electron chi connectivity index (χ3n) is 3.04. The molecule has 22 heavy (non-hydrogen) atoms. The number of amides is 1. The maximum Gasteiger partial charge on any atom is 0.253 e. The molecule has 2 rings (SSSR count). The van der Waals surface area contributed by atoms with Gasteiger partial charge in [-0.1, -0.05) is 67.3 Å². The second-order valence-corrected chi connectivity index (χ2v) is 7.57. The van der Waals surface area contributed by atoms with Crippen molar-refractivity contribution >= 4 is 40.2 Å². The molecule has 0 bridgehead atoms. The van der Waals surface area contributed by atoms with Crippen LogP contribution in [0.25, 0.3) is 6.08 Å². The van der Waals surface area contributed by atoms with Gasteiger partial charge in [0.15, 0.2) is 4.34 Å². The van der Waals surface area contributed by atoms with Crippen LogP contribution in [0.15, 0.2) is 40.2 Å². The van der Waals surface area contributed by atoms with Crippen LogP contribution < -0.4 is 5.32 Å². The summed E-state index contributed by atoms with van der Waals surface area (Å²) in [5.41, 5.74) is 1.64. The van der Waals surface area contributed by atoms with Gasteiger partial charge in [0.05, 0.1) is 0 Å². The first-order valence-electron chi connectivity index (χ1n) is 7.13. The van der Waals surface area contributed by atoms with Gasteiger partial charge in [0.2, 0.25) is 5.13 Å². The summed E-state index contributed by atoms with van der Waals surface area (Å²) < 4.78 is 0.884. The van der Waals surface area contributed by atoms with Gasteiger partial charge in [-0.25, -0.2) is 0 Å². The van der Waals surface area contributed by atoms with E-state index in [1.165, 1.54) is 11.3 Å². The minimum Gasteiger partial charge on any atom is -0.297 e. The molecule has 6 heteroatoms. The molecule has 0 aliphatic carbocycles. The van der Waals surface area contributed by atoms with Crippen molar-refractivity contribution in [2.24, 2.45) is 0 Å². The summed E-state index contributed by atoms with van der Waals surface area (Å²) in [6, 6.07) is 9.76. The number of hydrogen-bond acceptors (Lipinski definition) is 5. The molecule has 0 aliphatic rings. The standard InChI is InChI=1S/C16H19N3OS2/c1-4-12(3)21-16-19-18-15(22-16)17-14(20)11(2)10-13-8-6-5-7-9-13/h5-10,12H,4H2,1-3H3,(H,17,18,20)/b11-10+. The van der Waals surface area contributed by atoms with E-state index in [0.29, 0.717) is 16.0 Å². The van der Waals surface area contributed by atoms with Gasteiger partial charge >= 0.3 is 0 Å². The lowest BCUT2D eigenvalue weighted by atomic mass is 10.1. The van der Waals surface area contributed by atoms with E-state index in [2.05, 4.69) is 29.4 Å². The predicted octanol–water partition coefficient (Wildman–Crippen LogP) is 4.47. The minimum atomic E-state index is -0.153. The lowest BCUT2D eigenvalue weighted by Crippen LogP contribution is -2.12. The highest BCUT2D eigenvalue weighted by Crippen LogP contribution is 2.30. The summed E-state index contributed by atoms with van der Waals surface area (Å²) >= 11 is 3.09. The Morgan fingerprint density at radius 2 is 2.09 bits per heavy atom. The van der Waals surface area contributed by atoms with E-state index < -0.39 is 0 Å². The van der Waals surface area contributed by atoms with Crippen LogP contribution in [0.3, 0.4) is 0 Å². The van der Waals surface area contributed by atoms with E-state index in [4.69, 9.17) is 0 Å². The Balaban J connectivity index is 1.98. The normalized spacial score (nSPS) is 13.0. The highest BCUT2D eigenvalue weighted by Gasteiger charge is 2.11. The summed E-state index contributed by atoms with van der Waals surface area (Å²) in [5.74, 6) is -0.153. The molecule has 1 N–H and O–H groups in total. The average Bonchev–Trinajstić information content (AvgIpc) is 2.95. The molecule has 1 aromatic carbocycles.